The zero-order valence-corrected chi connectivity index (χ0v) is 19.8. The van der Waals surface area contributed by atoms with Gasteiger partial charge in [0.2, 0.25) is 0 Å². The Kier molecular flexibility index (Phi) is 7.67. The predicted octanol–water partition coefficient (Wildman–Crippen LogP) is 3.35. The molecule has 0 spiro atoms. The van der Waals surface area contributed by atoms with Crippen molar-refractivity contribution in [1.82, 2.24) is 10.2 Å². The van der Waals surface area contributed by atoms with Gasteiger partial charge in [-0.25, -0.2) is 4.39 Å². The minimum atomic E-state index is -0.770. The van der Waals surface area contributed by atoms with E-state index in [9.17, 15) is 14.0 Å². The number of rotatable bonds is 7. The van der Waals surface area contributed by atoms with Crippen LogP contribution in [0, 0.1) is 12.7 Å². The van der Waals surface area contributed by atoms with Crippen LogP contribution in [-0.4, -0.2) is 56.5 Å². The number of furan rings is 1. The minimum absolute atomic E-state index is 0.210. The molecule has 9 heteroatoms. The first-order valence-corrected chi connectivity index (χ1v) is 11.5. The molecule has 2 heterocycles. The van der Waals surface area contributed by atoms with Gasteiger partial charge in [0.05, 0.1) is 25.1 Å². The molecule has 184 valence electrons. The maximum absolute atomic E-state index is 13.3. The Morgan fingerprint density at radius 1 is 1.06 bits per heavy atom. The van der Waals surface area contributed by atoms with Crippen molar-refractivity contribution >= 4 is 23.2 Å². The van der Waals surface area contributed by atoms with Gasteiger partial charge in [-0.1, -0.05) is 6.07 Å². The highest BCUT2D eigenvalue weighted by atomic mass is 19.1. The van der Waals surface area contributed by atoms with E-state index in [0.717, 1.165) is 24.3 Å². The van der Waals surface area contributed by atoms with Crippen molar-refractivity contribution in [3.8, 4) is 5.75 Å². The Morgan fingerprint density at radius 3 is 2.46 bits per heavy atom. The number of methoxy groups -OCH3 is 1. The highest BCUT2D eigenvalue weighted by Gasteiger charge is 2.28. The number of carbonyl (C=O) groups excluding carboxylic acids is 2. The van der Waals surface area contributed by atoms with Crippen LogP contribution in [0.2, 0.25) is 0 Å². The van der Waals surface area contributed by atoms with Crippen molar-refractivity contribution in [2.24, 2.45) is 0 Å². The summed E-state index contributed by atoms with van der Waals surface area (Å²) in [5, 5.41) is 5.36. The number of aryl methyl sites for hydroxylation is 1. The predicted molar refractivity (Wildman–Crippen MR) is 131 cm³/mol. The van der Waals surface area contributed by atoms with E-state index in [4.69, 9.17) is 9.15 Å². The van der Waals surface area contributed by atoms with Crippen LogP contribution in [0.4, 0.5) is 15.8 Å². The highest BCUT2D eigenvalue weighted by molar-refractivity contribution is 6.39. The van der Waals surface area contributed by atoms with Crippen molar-refractivity contribution in [2.45, 2.75) is 13.0 Å². The molecule has 0 bridgehead atoms. The molecule has 0 saturated carbocycles. The molecule has 0 radical (unpaired) electrons. The van der Waals surface area contributed by atoms with E-state index in [0.29, 0.717) is 30.3 Å². The van der Waals surface area contributed by atoms with E-state index in [1.807, 2.05) is 19.1 Å². The van der Waals surface area contributed by atoms with Crippen molar-refractivity contribution < 1.29 is 23.1 Å². The molecule has 1 atom stereocenters. The van der Waals surface area contributed by atoms with Crippen molar-refractivity contribution in [3.05, 3.63) is 78.0 Å². The maximum atomic E-state index is 13.3. The van der Waals surface area contributed by atoms with E-state index in [1.165, 1.54) is 19.2 Å². The molecule has 35 heavy (non-hydrogen) atoms. The van der Waals surface area contributed by atoms with Crippen LogP contribution < -0.4 is 20.3 Å². The van der Waals surface area contributed by atoms with E-state index < -0.39 is 11.8 Å². The number of hydrogen-bond acceptors (Lipinski definition) is 6. The number of nitrogens with one attached hydrogen (secondary N) is 2. The Morgan fingerprint density at radius 2 is 1.80 bits per heavy atom. The summed E-state index contributed by atoms with van der Waals surface area (Å²) in [7, 11) is 1.50. The summed E-state index contributed by atoms with van der Waals surface area (Å²) in [4.78, 5) is 29.5. The largest absolute Gasteiger partial charge is 0.495 e. The molecule has 1 fully saturated rings. The van der Waals surface area contributed by atoms with Gasteiger partial charge in [-0.05, 0) is 61.0 Å². The molecular weight excluding hydrogens is 451 g/mol. The van der Waals surface area contributed by atoms with Crippen LogP contribution in [0.15, 0.2) is 65.3 Å². The number of piperazine rings is 1. The quantitative estimate of drug-likeness (QED) is 0.505. The number of anilines is 2. The lowest BCUT2D eigenvalue weighted by Gasteiger charge is -2.39. The molecular formula is C26H29FN4O4. The number of nitrogens with zero attached hydrogens (tertiary/aromatic N) is 2. The molecule has 0 aliphatic carbocycles. The third-order valence-electron chi connectivity index (χ3n) is 6.08. The number of amides is 2. The first-order valence-electron chi connectivity index (χ1n) is 11.5. The van der Waals surface area contributed by atoms with Crippen molar-refractivity contribution in [1.29, 1.82) is 0 Å². The lowest BCUT2D eigenvalue weighted by Crippen LogP contribution is -2.50. The zero-order valence-electron chi connectivity index (χ0n) is 19.8. The van der Waals surface area contributed by atoms with E-state index >= 15 is 0 Å². The van der Waals surface area contributed by atoms with Gasteiger partial charge in [-0.15, -0.1) is 0 Å². The third-order valence-corrected chi connectivity index (χ3v) is 6.08. The zero-order chi connectivity index (χ0) is 24.8. The Bertz CT molecular complexity index is 1140. The Labute approximate surface area is 203 Å². The van der Waals surface area contributed by atoms with Gasteiger partial charge in [-0.2, -0.15) is 0 Å². The first-order chi connectivity index (χ1) is 16.9. The van der Waals surface area contributed by atoms with Crippen LogP contribution >= 0.6 is 0 Å². The molecule has 1 saturated heterocycles. The van der Waals surface area contributed by atoms with Crippen LogP contribution in [0.3, 0.4) is 0 Å². The minimum Gasteiger partial charge on any atom is -0.495 e. The van der Waals surface area contributed by atoms with Gasteiger partial charge in [0.1, 0.15) is 17.3 Å². The maximum Gasteiger partial charge on any atom is 0.313 e. The molecule has 1 aliphatic rings. The summed E-state index contributed by atoms with van der Waals surface area (Å²) < 4.78 is 24.2. The second-order valence-corrected chi connectivity index (χ2v) is 8.40. The summed E-state index contributed by atoms with van der Waals surface area (Å²) in [5.74, 6) is -0.584. The third kappa shape index (κ3) is 5.99. The number of hydrogen-bond donors (Lipinski definition) is 2. The van der Waals surface area contributed by atoms with Crippen LogP contribution in [0.5, 0.6) is 5.75 Å². The van der Waals surface area contributed by atoms with E-state index in [-0.39, 0.29) is 18.4 Å². The number of benzene rings is 2. The van der Waals surface area contributed by atoms with Gasteiger partial charge in [0, 0.05) is 38.4 Å². The SMILES string of the molecule is COc1ccc(C)cc1NC(=O)C(=O)NCC(c1ccco1)N1CCN(c2ccc(F)cc2)CC1. The fourth-order valence-corrected chi connectivity index (χ4v) is 4.20. The van der Waals surface area contributed by atoms with Crippen molar-refractivity contribution in [3.63, 3.8) is 0 Å². The molecule has 8 nitrogen and oxygen atoms in total. The van der Waals surface area contributed by atoms with Crippen molar-refractivity contribution in [2.75, 3.05) is 50.1 Å². The summed E-state index contributed by atoms with van der Waals surface area (Å²) in [6.45, 7) is 5.01. The topological polar surface area (TPSA) is 87.0 Å². The van der Waals surface area contributed by atoms with Gasteiger partial charge < -0.3 is 24.7 Å². The van der Waals surface area contributed by atoms with E-state index in [2.05, 4.69) is 20.4 Å². The second kappa shape index (κ2) is 11.1. The van der Waals surface area contributed by atoms with Gasteiger partial charge in [0.25, 0.3) is 0 Å². The Hall–Kier alpha value is -3.85. The molecule has 4 rings (SSSR count). The number of halogens is 1. The standard InChI is InChI=1S/C26H29FN4O4/c1-18-5-10-23(34-2)21(16-18)29-26(33)25(32)28-17-22(24-4-3-15-35-24)31-13-11-30(12-14-31)20-8-6-19(27)7-9-20/h3-10,15-16,22H,11-14,17H2,1-2H3,(H,28,32)(H,29,33). The fourth-order valence-electron chi connectivity index (χ4n) is 4.20. The summed E-state index contributed by atoms with van der Waals surface area (Å²) >= 11 is 0. The lowest BCUT2D eigenvalue weighted by atomic mass is 10.1. The highest BCUT2D eigenvalue weighted by Crippen LogP contribution is 2.26. The molecule has 1 aromatic heterocycles. The molecule has 2 aromatic carbocycles. The van der Waals surface area contributed by atoms with E-state index in [1.54, 1.807) is 36.6 Å². The Balaban J connectivity index is 1.37. The monoisotopic (exact) mass is 480 g/mol. The normalized spacial score (nSPS) is 14.9. The lowest BCUT2D eigenvalue weighted by molar-refractivity contribution is -0.136. The van der Waals surface area contributed by atoms with Gasteiger partial charge >= 0.3 is 11.8 Å². The number of carbonyl (C=O) groups is 2. The van der Waals surface area contributed by atoms with Crippen LogP contribution in [0.1, 0.15) is 17.4 Å². The summed E-state index contributed by atoms with van der Waals surface area (Å²) in [6, 6.07) is 15.2. The first kappa shape index (κ1) is 24.3. The number of ether oxygens (including phenoxy) is 1. The van der Waals surface area contributed by atoms with Crippen LogP contribution in [-0.2, 0) is 9.59 Å². The van der Waals surface area contributed by atoms with Crippen LogP contribution in [0.25, 0.3) is 0 Å². The van der Waals surface area contributed by atoms with Gasteiger partial charge in [-0.3, -0.25) is 14.5 Å². The average Bonchev–Trinajstić information content (AvgIpc) is 3.40. The molecule has 2 N–H and O–H groups in total. The summed E-state index contributed by atoms with van der Waals surface area (Å²) in [5.41, 5.74) is 2.34. The van der Waals surface area contributed by atoms with Gasteiger partial charge in [0.15, 0.2) is 0 Å². The summed E-state index contributed by atoms with van der Waals surface area (Å²) in [6.07, 6.45) is 1.59. The molecule has 1 unspecified atom stereocenters. The molecule has 1 aliphatic heterocycles. The molecule has 3 aromatic rings. The molecule has 2 amide bonds. The second-order valence-electron chi connectivity index (χ2n) is 8.40. The average molecular weight is 481 g/mol. The fraction of sp³-hybridized carbons (Fsp3) is 0.308. The smallest absolute Gasteiger partial charge is 0.313 e.